The second-order valence-electron chi connectivity index (χ2n) is 7.23. The first-order valence-electron chi connectivity index (χ1n) is 8.36. The van der Waals surface area contributed by atoms with Crippen molar-refractivity contribution in [1.29, 1.82) is 0 Å². The van der Waals surface area contributed by atoms with E-state index in [1.807, 2.05) is 6.07 Å². The van der Waals surface area contributed by atoms with Gasteiger partial charge < -0.3 is 13.7 Å². The summed E-state index contributed by atoms with van der Waals surface area (Å²) in [5.74, 6) is 0.455. The minimum Gasteiger partial charge on any atom is -0.359 e. The third-order valence-electron chi connectivity index (χ3n) is 5.35. The van der Waals surface area contributed by atoms with Gasteiger partial charge >= 0.3 is 11.1 Å². The van der Waals surface area contributed by atoms with Gasteiger partial charge in [-0.2, -0.15) is 0 Å². The van der Waals surface area contributed by atoms with Crippen LogP contribution in [0.2, 0.25) is 0 Å². The van der Waals surface area contributed by atoms with Gasteiger partial charge in [0.2, 0.25) is 0 Å². The molecule has 0 atom stereocenters. The molecule has 3 aromatic heterocycles. The van der Waals surface area contributed by atoms with Crippen LogP contribution in [0, 0.1) is 0 Å². The normalized spacial score (nSPS) is 26.2. The van der Waals surface area contributed by atoms with Crippen LogP contribution in [0.25, 0.3) is 11.3 Å². The molecule has 3 aliphatic carbocycles. The Bertz CT molecular complexity index is 1100. The number of aromatic nitrogens is 4. The molecule has 132 valence electrons. The molecule has 0 aromatic carbocycles. The van der Waals surface area contributed by atoms with Crippen molar-refractivity contribution in [3.05, 3.63) is 69.5 Å². The lowest BCUT2D eigenvalue weighted by molar-refractivity contribution is -0.199. The van der Waals surface area contributed by atoms with Gasteiger partial charge in [-0.3, -0.25) is 14.6 Å². The highest BCUT2D eigenvalue weighted by atomic mass is 19.1. The van der Waals surface area contributed by atoms with Crippen molar-refractivity contribution in [2.75, 3.05) is 0 Å². The van der Waals surface area contributed by atoms with E-state index < -0.39 is 22.3 Å². The maximum atomic E-state index is 13.7. The summed E-state index contributed by atoms with van der Waals surface area (Å²) in [6.45, 7) is 0.0994. The van der Waals surface area contributed by atoms with Crippen molar-refractivity contribution < 1.29 is 8.91 Å². The fourth-order valence-electron chi connectivity index (χ4n) is 4.08. The molecule has 3 aromatic rings. The van der Waals surface area contributed by atoms with Crippen LogP contribution in [0.15, 0.2) is 57.1 Å². The molecule has 6 rings (SSSR count). The van der Waals surface area contributed by atoms with Gasteiger partial charge in [0.25, 0.3) is 0 Å². The molecular weight excluding hydrogens is 339 g/mol. The highest BCUT2D eigenvalue weighted by Gasteiger charge is 2.70. The molecule has 0 N–H and O–H groups in total. The number of rotatable bonds is 4. The van der Waals surface area contributed by atoms with E-state index in [2.05, 4.69) is 10.1 Å². The molecule has 0 radical (unpaired) electrons. The minimum atomic E-state index is -1.13. The smallest absolute Gasteiger partial charge is 0.316 e. The Morgan fingerprint density at radius 1 is 1.19 bits per heavy atom. The van der Waals surface area contributed by atoms with Crippen molar-refractivity contribution in [3.63, 3.8) is 0 Å². The van der Waals surface area contributed by atoms with Crippen LogP contribution in [0.3, 0.4) is 0 Å². The summed E-state index contributed by atoms with van der Waals surface area (Å²) in [5, 5.41) is 3.97. The molecule has 2 bridgehead atoms. The van der Waals surface area contributed by atoms with Gasteiger partial charge in [0, 0.05) is 55.7 Å². The Hall–Kier alpha value is -3.03. The third kappa shape index (κ3) is 2.11. The highest BCUT2D eigenvalue weighted by Crippen LogP contribution is 2.66. The molecule has 26 heavy (non-hydrogen) atoms. The molecule has 0 spiro atoms. The maximum absolute atomic E-state index is 13.7. The summed E-state index contributed by atoms with van der Waals surface area (Å²) in [6.07, 6.45) is 7.40. The summed E-state index contributed by atoms with van der Waals surface area (Å²) in [4.78, 5) is 28.9. The van der Waals surface area contributed by atoms with Gasteiger partial charge in [-0.1, -0.05) is 5.16 Å². The molecular formula is C18H15FN4O3. The van der Waals surface area contributed by atoms with Gasteiger partial charge in [-0.25, -0.2) is 4.39 Å². The molecule has 3 aliphatic rings. The number of halogens is 1. The van der Waals surface area contributed by atoms with Crippen molar-refractivity contribution >= 4 is 0 Å². The largest absolute Gasteiger partial charge is 0.359 e. The van der Waals surface area contributed by atoms with E-state index in [1.165, 1.54) is 9.13 Å². The van der Waals surface area contributed by atoms with E-state index in [0.29, 0.717) is 30.7 Å². The predicted octanol–water partition coefficient (Wildman–Crippen LogP) is 1.71. The Balaban J connectivity index is 1.42. The number of pyridine rings is 1. The summed E-state index contributed by atoms with van der Waals surface area (Å²) >= 11 is 0. The Labute approximate surface area is 146 Å². The first kappa shape index (κ1) is 15.2. The predicted molar refractivity (Wildman–Crippen MR) is 89.5 cm³/mol. The highest BCUT2D eigenvalue weighted by molar-refractivity contribution is 5.57. The number of hydrogen-bond acceptors (Lipinski definition) is 5. The number of nitrogens with zero attached hydrogens (tertiary/aromatic N) is 4. The molecule has 7 nitrogen and oxygen atoms in total. The first-order chi connectivity index (χ1) is 12.5. The van der Waals surface area contributed by atoms with Crippen LogP contribution in [0.5, 0.6) is 0 Å². The lowest BCUT2D eigenvalue weighted by Crippen LogP contribution is -2.72. The fourth-order valence-corrected chi connectivity index (χ4v) is 4.08. The Kier molecular flexibility index (Phi) is 2.93. The van der Waals surface area contributed by atoms with Crippen molar-refractivity contribution in [3.8, 4) is 11.3 Å². The van der Waals surface area contributed by atoms with E-state index in [9.17, 15) is 14.0 Å². The zero-order valence-electron chi connectivity index (χ0n) is 13.8. The quantitative estimate of drug-likeness (QED) is 0.666. The average Bonchev–Trinajstić information content (AvgIpc) is 3.05. The lowest BCUT2D eigenvalue weighted by atomic mass is 9.47. The molecule has 3 fully saturated rings. The molecule has 0 amide bonds. The van der Waals surface area contributed by atoms with E-state index in [0.717, 1.165) is 5.56 Å². The summed E-state index contributed by atoms with van der Waals surface area (Å²) in [7, 11) is 0. The average molecular weight is 354 g/mol. The van der Waals surface area contributed by atoms with E-state index in [4.69, 9.17) is 4.52 Å². The maximum Gasteiger partial charge on any atom is 0.316 e. The van der Waals surface area contributed by atoms with Crippen LogP contribution in [-0.2, 0) is 12.1 Å². The van der Waals surface area contributed by atoms with Crippen LogP contribution in [0.4, 0.5) is 4.39 Å². The van der Waals surface area contributed by atoms with Crippen molar-refractivity contribution in [2.24, 2.45) is 0 Å². The second-order valence-corrected chi connectivity index (χ2v) is 7.23. The SMILES string of the molecule is O=c1c(=O)n(C23CC(F)(C2)C3)ccn1Cc1cc(-c2cccnc2)no1. The van der Waals surface area contributed by atoms with Gasteiger partial charge in [0.05, 0.1) is 12.1 Å². The molecule has 8 heteroatoms. The zero-order valence-corrected chi connectivity index (χ0v) is 13.8. The zero-order chi connectivity index (χ0) is 17.9. The van der Waals surface area contributed by atoms with Gasteiger partial charge in [0.15, 0.2) is 5.76 Å². The molecule has 0 aliphatic heterocycles. The number of alkyl halides is 1. The lowest BCUT2D eigenvalue weighted by Gasteiger charge is -2.65. The van der Waals surface area contributed by atoms with Crippen LogP contribution in [-0.4, -0.2) is 24.9 Å². The van der Waals surface area contributed by atoms with Crippen LogP contribution >= 0.6 is 0 Å². The van der Waals surface area contributed by atoms with E-state index in [1.54, 1.807) is 36.9 Å². The van der Waals surface area contributed by atoms with E-state index in [-0.39, 0.29) is 6.54 Å². The number of hydrogen-bond donors (Lipinski definition) is 0. The minimum absolute atomic E-state index is 0.0994. The van der Waals surface area contributed by atoms with Crippen molar-refractivity contribution in [2.45, 2.75) is 37.0 Å². The summed E-state index contributed by atoms with van der Waals surface area (Å²) < 4.78 is 21.7. The topological polar surface area (TPSA) is 82.9 Å². The molecule has 0 unspecified atom stereocenters. The van der Waals surface area contributed by atoms with Crippen molar-refractivity contribution in [1.82, 2.24) is 19.3 Å². The monoisotopic (exact) mass is 354 g/mol. The Morgan fingerprint density at radius 2 is 2.00 bits per heavy atom. The molecule has 3 heterocycles. The second kappa shape index (κ2) is 5.00. The standard InChI is InChI=1S/C18H15FN4O3/c19-17-9-18(10-17,11-17)23-5-4-22(15(24)16(23)25)8-13-6-14(21-26-13)12-2-1-3-20-7-12/h1-7H,8-11H2. The van der Waals surface area contributed by atoms with E-state index >= 15 is 0 Å². The van der Waals surface area contributed by atoms with Crippen LogP contribution < -0.4 is 11.1 Å². The first-order valence-corrected chi connectivity index (χ1v) is 8.36. The third-order valence-corrected chi connectivity index (χ3v) is 5.35. The molecule has 0 saturated heterocycles. The van der Waals surface area contributed by atoms with Gasteiger partial charge in [0.1, 0.15) is 11.4 Å². The Morgan fingerprint density at radius 3 is 2.69 bits per heavy atom. The van der Waals surface area contributed by atoms with Gasteiger partial charge in [-0.05, 0) is 12.1 Å². The van der Waals surface area contributed by atoms with Gasteiger partial charge in [-0.15, -0.1) is 0 Å². The summed E-state index contributed by atoms with van der Waals surface area (Å²) in [6, 6.07) is 5.35. The van der Waals surface area contributed by atoms with Crippen LogP contribution in [0.1, 0.15) is 25.0 Å². The molecule has 3 saturated carbocycles. The fraction of sp³-hybridized carbons (Fsp3) is 0.333. The summed E-state index contributed by atoms with van der Waals surface area (Å²) in [5.41, 5.74) is -1.49.